The van der Waals surface area contributed by atoms with E-state index in [0.717, 1.165) is 55.6 Å². The summed E-state index contributed by atoms with van der Waals surface area (Å²) in [6, 6.07) is 26.6. The molecule has 6 rings (SSSR count). The minimum atomic E-state index is -0.241. The summed E-state index contributed by atoms with van der Waals surface area (Å²) in [5.74, 6) is 0.279. The minimum absolute atomic E-state index is 0.0362. The van der Waals surface area contributed by atoms with E-state index in [1.54, 1.807) is 0 Å². The van der Waals surface area contributed by atoms with E-state index in [-0.39, 0.29) is 36.0 Å². The molecule has 3 aromatic carbocycles. The van der Waals surface area contributed by atoms with Gasteiger partial charge in [0, 0.05) is 29.9 Å². The Balaban J connectivity index is 1.23. The van der Waals surface area contributed by atoms with Crippen molar-refractivity contribution >= 4 is 23.3 Å². The molecule has 2 aliphatic heterocycles. The lowest BCUT2D eigenvalue weighted by Gasteiger charge is -2.42. The number of rotatable bonds is 4. The summed E-state index contributed by atoms with van der Waals surface area (Å²) in [5, 5.41) is 9.88. The predicted octanol–water partition coefficient (Wildman–Crippen LogP) is 6.43. The number of amides is 3. The van der Waals surface area contributed by atoms with E-state index in [1.807, 2.05) is 37.3 Å². The van der Waals surface area contributed by atoms with Crippen molar-refractivity contribution in [1.82, 2.24) is 10.2 Å². The summed E-state index contributed by atoms with van der Waals surface area (Å²) in [5.41, 5.74) is 5.47. The Morgan fingerprint density at radius 3 is 2.42 bits per heavy atom. The molecule has 3 N–H and O–H groups in total. The van der Waals surface area contributed by atoms with Gasteiger partial charge in [-0.25, -0.2) is 4.79 Å². The first-order valence-corrected chi connectivity index (χ1v) is 13.9. The van der Waals surface area contributed by atoms with Gasteiger partial charge in [-0.15, -0.1) is 0 Å². The van der Waals surface area contributed by atoms with Crippen molar-refractivity contribution in [1.29, 1.82) is 0 Å². The van der Waals surface area contributed by atoms with E-state index in [1.165, 1.54) is 11.1 Å². The Kier molecular flexibility index (Phi) is 6.79. The zero-order valence-corrected chi connectivity index (χ0v) is 21.9. The molecule has 3 aromatic rings. The zero-order valence-electron chi connectivity index (χ0n) is 21.9. The van der Waals surface area contributed by atoms with E-state index in [9.17, 15) is 9.59 Å². The zero-order chi connectivity index (χ0) is 26.1. The predicted molar refractivity (Wildman–Crippen MR) is 151 cm³/mol. The fourth-order valence-electron chi connectivity index (χ4n) is 6.75. The quantitative estimate of drug-likeness (QED) is 0.380. The number of nitrogens with zero attached hydrogens (tertiary/aromatic N) is 1. The topological polar surface area (TPSA) is 73.5 Å². The number of carbonyl (C=O) groups excluding carboxylic acids is 2. The van der Waals surface area contributed by atoms with Crippen LogP contribution in [0.25, 0.3) is 0 Å². The van der Waals surface area contributed by atoms with Crippen LogP contribution in [0.5, 0.6) is 0 Å². The van der Waals surface area contributed by atoms with Crippen molar-refractivity contribution in [3.8, 4) is 0 Å². The number of hydrogen-bond donors (Lipinski definition) is 3. The second kappa shape index (κ2) is 10.5. The maximum absolute atomic E-state index is 14.2. The Labute approximate surface area is 224 Å². The van der Waals surface area contributed by atoms with Gasteiger partial charge in [0.15, 0.2) is 0 Å². The molecule has 1 aliphatic carbocycles. The molecule has 6 nitrogen and oxygen atoms in total. The number of fused-ring (bicyclic) bond motifs is 3. The van der Waals surface area contributed by atoms with Gasteiger partial charge in [-0.2, -0.15) is 0 Å². The van der Waals surface area contributed by atoms with Crippen molar-refractivity contribution in [3.05, 3.63) is 95.6 Å². The van der Waals surface area contributed by atoms with Crippen molar-refractivity contribution in [2.24, 2.45) is 11.8 Å². The second-order valence-electron chi connectivity index (χ2n) is 11.0. The van der Waals surface area contributed by atoms with E-state index in [0.29, 0.717) is 5.92 Å². The smallest absolute Gasteiger partial charge is 0.319 e. The lowest BCUT2D eigenvalue weighted by atomic mass is 9.79. The number of carbonyl (C=O) groups is 2. The number of anilines is 2. The van der Waals surface area contributed by atoms with Crippen LogP contribution in [0.3, 0.4) is 0 Å². The number of hydrogen-bond acceptors (Lipinski definition) is 3. The van der Waals surface area contributed by atoms with Crippen molar-refractivity contribution < 1.29 is 9.59 Å². The van der Waals surface area contributed by atoms with Gasteiger partial charge in [0.25, 0.3) is 0 Å². The Hall–Kier alpha value is -3.80. The van der Waals surface area contributed by atoms with E-state index < -0.39 is 0 Å². The highest BCUT2D eigenvalue weighted by atomic mass is 16.2. The molecule has 38 heavy (non-hydrogen) atoms. The van der Waals surface area contributed by atoms with Gasteiger partial charge in [-0.1, -0.05) is 79.1 Å². The van der Waals surface area contributed by atoms with Gasteiger partial charge in [0.05, 0.1) is 18.0 Å². The SMILES string of the molecule is Cc1ccc(NC(=O)N[C@@H]2CCCC[C@@H]2C(=O)N2CC[C@H]3[C@H](c4ccccc4)Nc4ccccc4[C@@H]32)cc1. The third kappa shape index (κ3) is 4.75. The Morgan fingerprint density at radius 1 is 0.868 bits per heavy atom. The molecule has 196 valence electrons. The molecular formula is C32H36N4O2. The monoisotopic (exact) mass is 508 g/mol. The molecule has 0 unspecified atom stereocenters. The fraction of sp³-hybridized carbons (Fsp3) is 0.375. The largest absolute Gasteiger partial charge is 0.378 e. The lowest BCUT2D eigenvalue weighted by molar-refractivity contribution is -0.138. The van der Waals surface area contributed by atoms with Crippen LogP contribution in [0.1, 0.15) is 60.9 Å². The highest BCUT2D eigenvalue weighted by molar-refractivity contribution is 5.90. The highest BCUT2D eigenvalue weighted by Crippen LogP contribution is 2.51. The number of likely N-dealkylation sites (tertiary alicyclic amines) is 1. The van der Waals surface area contributed by atoms with Gasteiger partial charge >= 0.3 is 6.03 Å². The highest BCUT2D eigenvalue weighted by Gasteiger charge is 2.48. The van der Waals surface area contributed by atoms with Crippen LogP contribution in [0.4, 0.5) is 16.2 Å². The number of benzene rings is 3. The summed E-state index contributed by atoms with van der Waals surface area (Å²) in [6.45, 7) is 2.76. The van der Waals surface area contributed by atoms with Gasteiger partial charge in [0.1, 0.15) is 0 Å². The number of nitrogens with one attached hydrogen (secondary N) is 3. The van der Waals surface area contributed by atoms with Gasteiger partial charge in [-0.3, -0.25) is 4.79 Å². The average molecular weight is 509 g/mol. The molecule has 5 atom stereocenters. The minimum Gasteiger partial charge on any atom is -0.378 e. The van der Waals surface area contributed by atoms with Crippen molar-refractivity contribution in [3.63, 3.8) is 0 Å². The van der Waals surface area contributed by atoms with Crippen LogP contribution in [0.15, 0.2) is 78.9 Å². The fourth-order valence-corrected chi connectivity index (χ4v) is 6.75. The molecular weight excluding hydrogens is 472 g/mol. The third-order valence-electron chi connectivity index (χ3n) is 8.61. The summed E-state index contributed by atoms with van der Waals surface area (Å²) >= 11 is 0. The van der Waals surface area contributed by atoms with Gasteiger partial charge in [0.2, 0.25) is 5.91 Å². The standard InChI is InChI=1S/C32H36N4O2/c1-21-15-17-23(18-16-21)33-32(38)35-28-14-8-6-12-25(28)31(37)36-20-19-26-29(22-9-3-2-4-10-22)34-27-13-7-5-11-24(27)30(26)36/h2-5,7,9-11,13,15-18,25-26,28-30,34H,6,8,12,14,19-20H2,1H3,(H2,33,35,38)/t25-,26-,28+,29-,30-/m0/s1. The van der Waals surface area contributed by atoms with Crippen LogP contribution in [0.2, 0.25) is 0 Å². The molecule has 2 fully saturated rings. The summed E-state index contributed by atoms with van der Waals surface area (Å²) < 4.78 is 0. The molecule has 3 aliphatic rings. The summed E-state index contributed by atoms with van der Waals surface area (Å²) in [4.78, 5) is 29.2. The molecule has 3 amide bonds. The molecule has 1 saturated heterocycles. The number of para-hydroxylation sites is 1. The Bertz CT molecular complexity index is 1290. The molecule has 2 heterocycles. The van der Waals surface area contributed by atoms with Gasteiger partial charge in [-0.05, 0) is 55.5 Å². The maximum atomic E-state index is 14.2. The molecule has 0 bridgehead atoms. The van der Waals surface area contributed by atoms with E-state index in [2.05, 4.69) is 69.4 Å². The summed E-state index contributed by atoms with van der Waals surface area (Å²) in [6.07, 6.45) is 4.62. The molecule has 6 heteroatoms. The number of aryl methyl sites for hydroxylation is 1. The molecule has 1 saturated carbocycles. The van der Waals surface area contributed by atoms with Crippen molar-refractivity contribution in [2.75, 3.05) is 17.2 Å². The average Bonchev–Trinajstić information content (AvgIpc) is 3.40. The van der Waals surface area contributed by atoms with Crippen molar-refractivity contribution in [2.45, 2.75) is 57.2 Å². The maximum Gasteiger partial charge on any atom is 0.319 e. The van der Waals surface area contributed by atoms with Crippen LogP contribution < -0.4 is 16.0 Å². The van der Waals surface area contributed by atoms with Crippen LogP contribution >= 0.6 is 0 Å². The first kappa shape index (κ1) is 24.5. The second-order valence-corrected chi connectivity index (χ2v) is 11.0. The number of urea groups is 1. The van der Waals surface area contributed by atoms with E-state index >= 15 is 0 Å². The lowest BCUT2D eigenvalue weighted by Crippen LogP contribution is -2.51. The first-order chi connectivity index (χ1) is 18.6. The summed E-state index contributed by atoms with van der Waals surface area (Å²) in [7, 11) is 0. The third-order valence-corrected chi connectivity index (χ3v) is 8.61. The normalized spacial score (nSPS) is 26.0. The Morgan fingerprint density at radius 2 is 1.61 bits per heavy atom. The molecule has 0 spiro atoms. The van der Waals surface area contributed by atoms with Crippen LogP contribution in [0, 0.1) is 18.8 Å². The van der Waals surface area contributed by atoms with E-state index in [4.69, 9.17) is 0 Å². The van der Waals surface area contributed by atoms with Crippen LogP contribution in [-0.2, 0) is 4.79 Å². The van der Waals surface area contributed by atoms with Crippen LogP contribution in [-0.4, -0.2) is 29.4 Å². The molecule has 0 radical (unpaired) electrons. The molecule has 0 aromatic heterocycles. The van der Waals surface area contributed by atoms with Gasteiger partial charge < -0.3 is 20.9 Å². The first-order valence-electron chi connectivity index (χ1n) is 13.9.